The lowest BCUT2D eigenvalue weighted by Gasteiger charge is -2.24. The molecule has 8 heteroatoms. The Labute approximate surface area is 124 Å². The van der Waals surface area contributed by atoms with Crippen molar-refractivity contribution in [2.24, 2.45) is 5.92 Å². The first-order valence-electron chi connectivity index (χ1n) is 6.21. The standard InChI is InChI=1S/C14H14F3NO4/c1-7(19)11(8(2)20)12(18-13(21)22)9-4-3-5-10(6-9)14(15,16)17/h3-6,11-12,18H,1-2H3,(H,21,22). The second-order valence-electron chi connectivity index (χ2n) is 4.75. The number of alkyl halides is 3. The second kappa shape index (κ2) is 6.59. The van der Waals surface area contributed by atoms with E-state index in [4.69, 9.17) is 5.11 Å². The van der Waals surface area contributed by atoms with E-state index in [-0.39, 0.29) is 5.56 Å². The first-order valence-corrected chi connectivity index (χ1v) is 6.21. The molecule has 0 fully saturated rings. The molecule has 0 saturated heterocycles. The van der Waals surface area contributed by atoms with Crippen LogP contribution >= 0.6 is 0 Å². The van der Waals surface area contributed by atoms with Gasteiger partial charge in [0.15, 0.2) is 0 Å². The summed E-state index contributed by atoms with van der Waals surface area (Å²) < 4.78 is 38.2. The summed E-state index contributed by atoms with van der Waals surface area (Å²) in [5, 5.41) is 10.8. The van der Waals surface area contributed by atoms with E-state index in [1.165, 1.54) is 6.07 Å². The maximum absolute atomic E-state index is 12.7. The lowest BCUT2D eigenvalue weighted by molar-refractivity contribution is -0.137. The van der Waals surface area contributed by atoms with Crippen LogP contribution in [0.2, 0.25) is 0 Å². The molecule has 1 atom stereocenters. The van der Waals surface area contributed by atoms with Crippen molar-refractivity contribution < 1.29 is 32.7 Å². The molecular formula is C14H14F3NO4. The van der Waals surface area contributed by atoms with Crippen molar-refractivity contribution in [2.45, 2.75) is 26.1 Å². The summed E-state index contributed by atoms with van der Waals surface area (Å²) in [6.45, 7) is 2.16. The Morgan fingerprint density at radius 2 is 1.68 bits per heavy atom. The molecule has 5 nitrogen and oxygen atoms in total. The number of carbonyl (C=O) groups excluding carboxylic acids is 2. The molecule has 1 unspecified atom stereocenters. The summed E-state index contributed by atoms with van der Waals surface area (Å²) in [5.74, 6) is -2.66. The molecule has 1 aromatic carbocycles. The molecule has 0 aromatic heterocycles. The molecule has 0 aliphatic carbocycles. The predicted octanol–water partition coefficient (Wildman–Crippen LogP) is 2.81. The Morgan fingerprint density at radius 1 is 1.14 bits per heavy atom. The van der Waals surface area contributed by atoms with Crippen LogP contribution in [-0.2, 0) is 15.8 Å². The highest BCUT2D eigenvalue weighted by Crippen LogP contribution is 2.32. The van der Waals surface area contributed by atoms with Crippen molar-refractivity contribution in [3.05, 3.63) is 35.4 Å². The zero-order valence-electron chi connectivity index (χ0n) is 11.8. The minimum absolute atomic E-state index is 0.104. The lowest BCUT2D eigenvalue weighted by atomic mass is 9.86. The number of benzene rings is 1. The van der Waals surface area contributed by atoms with E-state index < -0.39 is 41.4 Å². The minimum atomic E-state index is -4.62. The molecule has 1 rings (SSSR count). The van der Waals surface area contributed by atoms with Gasteiger partial charge in [0.05, 0.1) is 11.6 Å². The number of carboxylic acid groups (broad SMARTS) is 1. The van der Waals surface area contributed by atoms with Crippen molar-refractivity contribution in [3.8, 4) is 0 Å². The van der Waals surface area contributed by atoms with Crippen molar-refractivity contribution in [2.75, 3.05) is 0 Å². The minimum Gasteiger partial charge on any atom is -0.465 e. The van der Waals surface area contributed by atoms with Crippen LogP contribution in [-0.4, -0.2) is 22.8 Å². The summed E-state index contributed by atoms with van der Waals surface area (Å²) in [6.07, 6.45) is -6.17. The molecule has 0 radical (unpaired) electrons. The number of Topliss-reactive ketones (excluding diaryl/α,β-unsaturated/α-hetero) is 2. The molecule has 0 aliphatic heterocycles. The SMILES string of the molecule is CC(=O)C(C(C)=O)C(NC(=O)O)c1cccc(C(F)(F)F)c1. The molecule has 120 valence electrons. The van der Waals surface area contributed by atoms with Crippen molar-refractivity contribution >= 4 is 17.7 Å². The Bertz CT molecular complexity index is 584. The molecule has 22 heavy (non-hydrogen) atoms. The van der Waals surface area contributed by atoms with Gasteiger partial charge >= 0.3 is 12.3 Å². The van der Waals surface area contributed by atoms with Gasteiger partial charge in [0, 0.05) is 0 Å². The van der Waals surface area contributed by atoms with Gasteiger partial charge in [0.2, 0.25) is 0 Å². The zero-order chi connectivity index (χ0) is 17.1. The quantitative estimate of drug-likeness (QED) is 0.818. The van der Waals surface area contributed by atoms with E-state index >= 15 is 0 Å². The fourth-order valence-electron chi connectivity index (χ4n) is 2.16. The third-order valence-corrected chi connectivity index (χ3v) is 3.06. The molecule has 1 amide bonds. The van der Waals surface area contributed by atoms with Crippen molar-refractivity contribution in [1.82, 2.24) is 5.32 Å². The molecule has 0 spiro atoms. The van der Waals surface area contributed by atoms with Crippen LogP contribution < -0.4 is 5.32 Å². The topological polar surface area (TPSA) is 83.5 Å². The second-order valence-corrected chi connectivity index (χ2v) is 4.75. The summed E-state index contributed by atoms with van der Waals surface area (Å²) in [7, 11) is 0. The Hall–Kier alpha value is -2.38. The van der Waals surface area contributed by atoms with Crippen LogP contribution in [0, 0.1) is 5.92 Å². The van der Waals surface area contributed by atoms with Gasteiger partial charge in [-0.15, -0.1) is 0 Å². The average molecular weight is 317 g/mol. The fraction of sp³-hybridized carbons (Fsp3) is 0.357. The van der Waals surface area contributed by atoms with Gasteiger partial charge < -0.3 is 10.4 Å². The first-order chi connectivity index (χ1) is 10.0. The van der Waals surface area contributed by atoms with Gasteiger partial charge in [-0.25, -0.2) is 4.79 Å². The van der Waals surface area contributed by atoms with Crippen LogP contribution in [0.3, 0.4) is 0 Å². The highest BCUT2D eigenvalue weighted by atomic mass is 19.4. The van der Waals surface area contributed by atoms with Gasteiger partial charge in [-0.1, -0.05) is 12.1 Å². The average Bonchev–Trinajstić information content (AvgIpc) is 2.35. The smallest absolute Gasteiger partial charge is 0.416 e. The highest BCUT2D eigenvalue weighted by Gasteiger charge is 2.35. The number of hydrogen-bond acceptors (Lipinski definition) is 3. The Kier molecular flexibility index (Phi) is 5.29. The molecule has 0 bridgehead atoms. The Balaban J connectivity index is 3.36. The number of halogens is 3. The van der Waals surface area contributed by atoms with E-state index in [0.717, 1.165) is 32.0 Å². The molecule has 1 aromatic rings. The largest absolute Gasteiger partial charge is 0.465 e. The number of rotatable bonds is 5. The monoisotopic (exact) mass is 317 g/mol. The number of nitrogens with one attached hydrogen (secondary N) is 1. The molecular weight excluding hydrogens is 303 g/mol. The molecule has 0 aliphatic rings. The van der Waals surface area contributed by atoms with Crippen molar-refractivity contribution in [1.29, 1.82) is 0 Å². The van der Waals surface area contributed by atoms with E-state index in [9.17, 15) is 27.6 Å². The van der Waals surface area contributed by atoms with E-state index in [2.05, 4.69) is 0 Å². The van der Waals surface area contributed by atoms with Gasteiger partial charge in [0.25, 0.3) is 0 Å². The number of ketones is 2. The van der Waals surface area contributed by atoms with Gasteiger partial charge in [-0.05, 0) is 31.5 Å². The van der Waals surface area contributed by atoms with E-state index in [0.29, 0.717) is 0 Å². The summed E-state index contributed by atoms with van der Waals surface area (Å²) >= 11 is 0. The number of hydrogen-bond donors (Lipinski definition) is 2. The summed E-state index contributed by atoms with van der Waals surface area (Å²) in [4.78, 5) is 34.0. The number of carbonyl (C=O) groups is 3. The predicted molar refractivity (Wildman–Crippen MR) is 70.2 cm³/mol. The summed E-state index contributed by atoms with van der Waals surface area (Å²) in [5.41, 5.74) is -1.10. The Morgan fingerprint density at radius 3 is 2.09 bits per heavy atom. The van der Waals surface area contributed by atoms with Crippen LogP contribution in [0.25, 0.3) is 0 Å². The number of amides is 1. The van der Waals surface area contributed by atoms with E-state index in [1.54, 1.807) is 0 Å². The maximum atomic E-state index is 12.7. The third-order valence-electron chi connectivity index (χ3n) is 3.06. The highest BCUT2D eigenvalue weighted by molar-refractivity contribution is 6.01. The van der Waals surface area contributed by atoms with Crippen LogP contribution in [0.4, 0.5) is 18.0 Å². The lowest BCUT2D eigenvalue weighted by Crippen LogP contribution is -2.38. The van der Waals surface area contributed by atoms with Gasteiger partial charge in [0.1, 0.15) is 17.5 Å². The molecule has 0 heterocycles. The van der Waals surface area contributed by atoms with E-state index in [1.807, 2.05) is 5.32 Å². The van der Waals surface area contributed by atoms with Crippen LogP contribution in [0.15, 0.2) is 24.3 Å². The normalized spacial score (nSPS) is 12.8. The third kappa shape index (κ3) is 4.31. The maximum Gasteiger partial charge on any atom is 0.416 e. The summed E-state index contributed by atoms with van der Waals surface area (Å²) in [6, 6.07) is 2.48. The molecule has 0 saturated carbocycles. The van der Waals surface area contributed by atoms with Gasteiger partial charge in [-0.3, -0.25) is 9.59 Å². The van der Waals surface area contributed by atoms with Gasteiger partial charge in [-0.2, -0.15) is 13.2 Å². The van der Waals surface area contributed by atoms with Crippen LogP contribution in [0.5, 0.6) is 0 Å². The molecule has 2 N–H and O–H groups in total. The van der Waals surface area contributed by atoms with Crippen molar-refractivity contribution in [3.63, 3.8) is 0 Å². The zero-order valence-corrected chi connectivity index (χ0v) is 11.8. The first kappa shape index (κ1) is 17.7. The fourth-order valence-corrected chi connectivity index (χ4v) is 2.16. The van der Waals surface area contributed by atoms with Crippen LogP contribution in [0.1, 0.15) is 31.0 Å².